The molecule has 0 unspecified atom stereocenters. The third-order valence-electron chi connectivity index (χ3n) is 4.49. The van der Waals surface area contributed by atoms with Crippen LogP contribution in [0, 0.1) is 0 Å². The fraction of sp³-hybridized carbons (Fsp3) is 0.562. The summed E-state index contributed by atoms with van der Waals surface area (Å²) in [6, 6.07) is 5.19. The van der Waals surface area contributed by atoms with Crippen molar-refractivity contribution >= 4 is 29.0 Å². The normalized spacial score (nSPS) is 16.6. The number of benzene rings is 1. The predicted molar refractivity (Wildman–Crippen MR) is 84.9 cm³/mol. The zero-order valence-corrected chi connectivity index (χ0v) is 13.6. The second-order valence-electron chi connectivity index (χ2n) is 5.39. The lowest BCUT2D eigenvalue weighted by molar-refractivity contribution is 0.0581. The summed E-state index contributed by atoms with van der Waals surface area (Å²) in [7, 11) is 0. The zero-order valence-electron chi connectivity index (χ0n) is 12.1. The van der Waals surface area contributed by atoms with E-state index in [1.807, 2.05) is 0 Å². The maximum Gasteiger partial charge on any atom is 0.183 e. The topological polar surface area (TPSA) is 20.3 Å². The lowest BCUT2D eigenvalue weighted by atomic mass is 9.82. The summed E-state index contributed by atoms with van der Waals surface area (Å²) in [5.74, 6) is 0.169. The molecule has 1 heterocycles. The number of hydrogen-bond acceptors (Lipinski definition) is 2. The van der Waals surface area contributed by atoms with E-state index in [9.17, 15) is 4.79 Å². The van der Waals surface area contributed by atoms with Gasteiger partial charge in [-0.25, -0.2) is 0 Å². The van der Waals surface area contributed by atoms with E-state index in [0.29, 0.717) is 15.6 Å². The standard InChI is InChI=1S/C16H21Cl2NO/c1-3-16(4-2,19-9-5-6-10-19)15(20)12-7-8-13(17)14(18)11-12/h7-8,11H,3-6,9-10H2,1-2H3. The molecule has 0 saturated carbocycles. The quantitative estimate of drug-likeness (QED) is 0.726. The molecule has 110 valence electrons. The van der Waals surface area contributed by atoms with Crippen LogP contribution in [0.25, 0.3) is 0 Å². The maximum absolute atomic E-state index is 13.0. The Morgan fingerprint density at radius 2 is 1.75 bits per heavy atom. The van der Waals surface area contributed by atoms with E-state index >= 15 is 0 Å². The highest BCUT2D eigenvalue weighted by Crippen LogP contribution is 2.33. The van der Waals surface area contributed by atoms with Crippen molar-refractivity contribution in [3.8, 4) is 0 Å². The molecule has 0 aromatic heterocycles. The highest BCUT2D eigenvalue weighted by atomic mass is 35.5. The van der Waals surface area contributed by atoms with Gasteiger partial charge in [-0.1, -0.05) is 37.0 Å². The van der Waals surface area contributed by atoms with Crippen molar-refractivity contribution in [3.63, 3.8) is 0 Å². The molecular weight excluding hydrogens is 293 g/mol. The molecule has 0 aliphatic carbocycles. The third-order valence-corrected chi connectivity index (χ3v) is 5.22. The summed E-state index contributed by atoms with van der Waals surface area (Å²) in [6.07, 6.45) is 4.00. The first-order chi connectivity index (χ1) is 9.55. The lowest BCUT2D eigenvalue weighted by Gasteiger charge is -2.39. The van der Waals surface area contributed by atoms with Gasteiger partial charge in [0.05, 0.1) is 15.6 Å². The van der Waals surface area contributed by atoms with Gasteiger partial charge in [-0.15, -0.1) is 0 Å². The Kier molecular flexibility index (Phi) is 5.11. The SMILES string of the molecule is CCC(CC)(C(=O)c1ccc(Cl)c(Cl)c1)N1CCCC1. The van der Waals surface area contributed by atoms with Crippen molar-refractivity contribution in [2.24, 2.45) is 0 Å². The van der Waals surface area contributed by atoms with Crippen molar-refractivity contribution in [3.05, 3.63) is 33.8 Å². The van der Waals surface area contributed by atoms with Gasteiger partial charge < -0.3 is 0 Å². The Labute approximate surface area is 131 Å². The van der Waals surface area contributed by atoms with Crippen LogP contribution in [-0.4, -0.2) is 29.3 Å². The molecule has 2 rings (SSSR count). The molecule has 4 heteroatoms. The Hall–Kier alpha value is -0.570. The number of Topliss-reactive ketones (excluding diaryl/α,β-unsaturated/α-hetero) is 1. The highest BCUT2D eigenvalue weighted by Gasteiger charge is 2.42. The molecule has 1 aromatic rings. The second-order valence-corrected chi connectivity index (χ2v) is 6.21. The van der Waals surface area contributed by atoms with E-state index in [4.69, 9.17) is 23.2 Å². The monoisotopic (exact) mass is 313 g/mol. The minimum absolute atomic E-state index is 0.169. The predicted octanol–water partition coefficient (Wildman–Crippen LogP) is 4.83. The summed E-state index contributed by atoms with van der Waals surface area (Å²) in [4.78, 5) is 15.4. The van der Waals surface area contributed by atoms with Crippen molar-refractivity contribution < 1.29 is 4.79 Å². The summed E-state index contributed by atoms with van der Waals surface area (Å²) in [6.45, 7) is 6.21. The Morgan fingerprint density at radius 1 is 1.15 bits per heavy atom. The number of nitrogens with zero attached hydrogens (tertiary/aromatic N) is 1. The van der Waals surface area contributed by atoms with Crippen molar-refractivity contribution in [1.29, 1.82) is 0 Å². The Morgan fingerprint density at radius 3 is 2.25 bits per heavy atom. The summed E-state index contributed by atoms with van der Waals surface area (Å²) < 4.78 is 0. The number of likely N-dealkylation sites (tertiary alicyclic amines) is 1. The average molecular weight is 314 g/mol. The first-order valence-electron chi connectivity index (χ1n) is 7.30. The van der Waals surface area contributed by atoms with E-state index in [2.05, 4.69) is 18.7 Å². The molecule has 0 atom stereocenters. The molecule has 0 amide bonds. The largest absolute Gasteiger partial charge is 0.292 e. The molecule has 20 heavy (non-hydrogen) atoms. The first-order valence-corrected chi connectivity index (χ1v) is 8.05. The van der Waals surface area contributed by atoms with E-state index in [1.165, 1.54) is 12.8 Å². The molecule has 1 saturated heterocycles. The Balaban J connectivity index is 2.37. The average Bonchev–Trinajstić information content (AvgIpc) is 2.98. The maximum atomic E-state index is 13.0. The van der Waals surface area contributed by atoms with Crippen LogP contribution in [0.1, 0.15) is 49.9 Å². The van der Waals surface area contributed by atoms with Gasteiger partial charge in [-0.3, -0.25) is 9.69 Å². The molecule has 1 aliphatic heterocycles. The number of carbonyl (C=O) groups is 1. The smallest absolute Gasteiger partial charge is 0.183 e. The van der Waals surface area contributed by atoms with Crippen molar-refractivity contribution in [2.75, 3.05) is 13.1 Å². The Bertz CT molecular complexity index is 491. The molecule has 1 aromatic carbocycles. The van der Waals surface area contributed by atoms with Crippen LogP contribution in [0.4, 0.5) is 0 Å². The number of carbonyl (C=O) groups excluding carboxylic acids is 1. The lowest BCUT2D eigenvalue weighted by Crippen LogP contribution is -2.52. The van der Waals surface area contributed by atoms with Gasteiger partial charge in [-0.05, 0) is 57.0 Å². The van der Waals surface area contributed by atoms with Gasteiger partial charge in [0.2, 0.25) is 0 Å². The van der Waals surface area contributed by atoms with E-state index in [1.54, 1.807) is 18.2 Å². The molecule has 0 spiro atoms. The molecule has 0 bridgehead atoms. The fourth-order valence-electron chi connectivity index (χ4n) is 3.21. The van der Waals surface area contributed by atoms with Crippen LogP contribution >= 0.6 is 23.2 Å². The van der Waals surface area contributed by atoms with Crippen LogP contribution in [0.15, 0.2) is 18.2 Å². The summed E-state index contributed by atoms with van der Waals surface area (Å²) in [5.41, 5.74) is 0.267. The number of hydrogen-bond donors (Lipinski definition) is 0. The minimum atomic E-state index is -0.395. The zero-order chi connectivity index (χ0) is 14.8. The third kappa shape index (κ3) is 2.74. The van der Waals surface area contributed by atoms with Gasteiger partial charge in [0.15, 0.2) is 5.78 Å². The van der Waals surface area contributed by atoms with Crippen LogP contribution in [0.2, 0.25) is 10.0 Å². The summed E-state index contributed by atoms with van der Waals surface area (Å²) in [5, 5.41) is 0.933. The number of halogens is 2. The first kappa shape index (κ1) is 15.8. The summed E-state index contributed by atoms with van der Waals surface area (Å²) >= 11 is 12.0. The minimum Gasteiger partial charge on any atom is -0.292 e. The van der Waals surface area contributed by atoms with E-state index in [-0.39, 0.29) is 5.78 Å². The molecule has 1 aliphatic rings. The van der Waals surface area contributed by atoms with Crippen LogP contribution in [0.3, 0.4) is 0 Å². The molecule has 0 radical (unpaired) electrons. The molecule has 1 fully saturated rings. The van der Waals surface area contributed by atoms with Crippen molar-refractivity contribution in [1.82, 2.24) is 4.90 Å². The van der Waals surface area contributed by atoms with Crippen molar-refractivity contribution in [2.45, 2.75) is 45.1 Å². The fourth-order valence-corrected chi connectivity index (χ4v) is 3.51. The van der Waals surface area contributed by atoms with Gasteiger partial charge in [-0.2, -0.15) is 0 Å². The second kappa shape index (κ2) is 6.46. The number of rotatable bonds is 5. The molecule has 0 N–H and O–H groups in total. The van der Waals surface area contributed by atoms with Crippen LogP contribution in [0.5, 0.6) is 0 Å². The number of ketones is 1. The van der Waals surface area contributed by atoms with Gasteiger partial charge >= 0.3 is 0 Å². The van der Waals surface area contributed by atoms with Crippen LogP contribution in [-0.2, 0) is 0 Å². The molecule has 2 nitrogen and oxygen atoms in total. The van der Waals surface area contributed by atoms with Gasteiger partial charge in [0.1, 0.15) is 0 Å². The van der Waals surface area contributed by atoms with E-state index < -0.39 is 5.54 Å². The highest BCUT2D eigenvalue weighted by molar-refractivity contribution is 6.42. The van der Waals surface area contributed by atoms with Gasteiger partial charge in [0, 0.05) is 5.56 Å². The van der Waals surface area contributed by atoms with Gasteiger partial charge in [0.25, 0.3) is 0 Å². The van der Waals surface area contributed by atoms with E-state index in [0.717, 1.165) is 25.9 Å². The molecular formula is C16H21Cl2NO. The van der Waals surface area contributed by atoms with Crippen LogP contribution < -0.4 is 0 Å².